The number of aromatic nitrogens is 1. The quantitative estimate of drug-likeness (QED) is 0.271. The highest BCUT2D eigenvalue weighted by atomic mass is 16.6. The molecule has 1 aromatic heterocycles. The summed E-state index contributed by atoms with van der Waals surface area (Å²) in [5.74, 6) is 0.159. The van der Waals surface area contributed by atoms with Gasteiger partial charge < -0.3 is 20.4 Å². The van der Waals surface area contributed by atoms with Crippen molar-refractivity contribution in [3.8, 4) is 5.88 Å². The molecule has 0 amide bonds. The van der Waals surface area contributed by atoms with Crippen molar-refractivity contribution in [3.05, 3.63) is 27.9 Å². The molecule has 0 atom stereocenters. The maximum Gasteiger partial charge on any atom is 0.288 e. The van der Waals surface area contributed by atoms with E-state index in [0.29, 0.717) is 25.7 Å². The smallest absolute Gasteiger partial charge is 0.288 e. The number of hydrogen-bond donors (Lipinski definition) is 2. The van der Waals surface area contributed by atoms with Crippen LogP contribution in [0.4, 0.5) is 5.69 Å². The molecule has 1 saturated heterocycles. The molecule has 0 unspecified atom stereocenters. The van der Waals surface area contributed by atoms with Gasteiger partial charge in [0.25, 0.3) is 5.69 Å². The molecule has 1 aromatic rings. The molecule has 0 radical (unpaired) electrons. The number of oxime groups is 1. The Kier molecular flexibility index (Phi) is 4.88. The van der Waals surface area contributed by atoms with Crippen LogP contribution >= 0.6 is 0 Å². The van der Waals surface area contributed by atoms with Crippen molar-refractivity contribution < 1.29 is 19.6 Å². The van der Waals surface area contributed by atoms with Gasteiger partial charge in [0.05, 0.1) is 17.1 Å². The van der Waals surface area contributed by atoms with E-state index in [1.54, 1.807) is 0 Å². The van der Waals surface area contributed by atoms with Gasteiger partial charge in [-0.2, -0.15) is 0 Å². The van der Waals surface area contributed by atoms with E-state index in [2.05, 4.69) is 10.1 Å². The fraction of sp³-hybridized carbons (Fsp3) is 0.500. The highest BCUT2D eigenvalue weighted by Crippen LogP contribution is 2.23. The number of amidine groups is 1. The number of rotatable bonds is 5. The molecule has 1 fully saturated rings. The van der Waals surface area contributed by atoms with Crippen molar-refractivity contribution in [3.63, 3.8) is 0 Å². The lowest BCUT2D eigenvalue weighted by Gasteiger charge is -2.22. The van der Waals surface area contributed by atoms with Crippen LogP contribution in [-0.4, -0.2) is 40.8 Å². The van der Waals surface area contributed by atoms with E-state index in [1.807, 2.05) is 0 Å². The third kappa shape index (κ3) is 3.78. The first kappa shape index (κ1) is 15.0. The Balaban J connectivity index is 2.15. The van der Waals surface area contributed by atoms with Crippen molar-refractivity contribution in [2.45, 2.75) is 12.8 Å². The van der Waals surface area contributed by atoms with Crippen molar-refractivity contribution >= 4 is 11.5 Å². The lowest BCUT2D eigenvalue weighted by molar-refractivity contribution is -0.385. The lowest BCUT2D eigenvalue weighted by atomic mass is 10.0. The number of nitro groups is 1. The van der Waals surface area contributed by atoms with Gasteiger partial charge in [0.2, 0.25) is 5.88 Å². The first-order valence-electron chi connectivity index (χ1n) is 6.44. The molecule has 1 aliphatic heterocycles. The van der Waals surface area contributed by atoms with Crippen LogP contribution in [0.2, 0.25) is 0 Å². The summed E-state index contributed by atoms with van der Waals surface area (Å²) in [7, 11) is 0. The molecule has 0 spiro atoms. The van der Waals surface area contributed by atoms with Crippen LogP contribution in [0, 0.1) is 16.0 Å². The monoisotopic (exact) mass is 296 g/mol. The lowest BCUT2D eigenvalue weighted by Crippen LogP contribution is -2.23. The van der Waals surface area contributed by atoms with Crippen LogP contribution in [0.15, 0.2) is 17.4 Å². The van der Waals surface area contributed by atoms with Crippen LogP contribution in [0.25, 0.3) is 0 Å². The second kappa shape index (κ2) is 6.84. The highest BCUT2D eigenvalue weighted by Gasteiger charge is 2.19. The van der Waals surface area contributed by atoms with Gasteiger partial charge in [0, 0.05) is 19.3 Å². The average Bonchev–Trinajstić information content (AvgIpc) is 2.52. The van der Waals surface area contributed by atoms with E-state index in [9.17, 15) is 10.1 Å². The minimum atomic E-state index is -0.608. The molecular weight excluding hydrogens is 280 g/mol. The van der Waals surface area contributed by atoms with Gasteiger partial charge in [-0.3, -0.25) is 10.1 Å². The molecule has 3 N–H and O–H groups in total. The van der Waals surface area contributed by atoms with Crippen molar-refractivity contribution in [1.82, 2.24) is 4.98 Å². The van der Waals surface area contributed by atoms with Crippen LogP contribution in [0.1, 0.15) is 18.4 Å². The summed E-state index contributed by atoms with van der Waals surface area (Å²) in [4.78, 5) is 14.0. The van der Waals surface area contributed by atoms with Gasteiger partial charge in [-0.05, 0) is 18.8 Å². The summed E-state index contributed by atoms with van der Waals surface area (Å²) >= 11 is 0. The fourth-order valence-electron chi connectivity index (χ4n) is 2.00. The Morgan fingerprint density at radius 1 is 1.62 bits per heavy atom. The molecule has 114 valence electrons. The zero-order valence-electron chi connectivity index (χ0n) is 11.3. The third-order valence-corrected chi connectivity index (χ3v) is 3.23. The molecule has 0 bridgehead atoms. The second-order valence-electron chi connectivity index (χ2n) is 4.66. The predicted octanol–water partition coefficient (Wildman–Crippen LogP) is 0.890. The van der Waals surface area contributed by atoms with E-state index in [1.165, 1.54) is 6.07 Å². The summed E-state index contributed by atoms with van der Waals surface area (Å²) in [6.45, 7) is 1.78. The Bertz CT molecular complexity index is 542. The van der Waals surface area contributed by atoms with Crippen molar-refractivity contribution in [1.29, 1.82) is 0 Å². The first-order valence-corrected chi connectivity index (χ1v) is 6.44. The van der Waals surface area contributed by atoms with Crippen LogP contribution in [0.3, 0.4) is 0 Å². The molecule has 2 rings (SSSR count). The standard InChI is InChI=1S/C12H16N4O5/c13-11(15-17)10-5-9(16(18)19)6-14-12(10)21-7-8-1-3-20-4-2-8/h5-6,8,17H,1-4,7H2,(H2,13,15). The zero-order valence-corrected chi connectivity index (χ0v) is 11.3. The number of nitrogens with zero attached hydrogens (tertiary/aromatic N) is 3. The van der Waals surface area contributed by atoms with E-state index in [0.717, 1.165) is 19.0 Å². The van der Waals surface area contributed by atoms with Gasteiger partial charge >= 0.3 is 0 Å². The van der Waals surface area contributed by atoms with Gasteiger partial charge in [-0.25, -0.2) is 4.98 Å². The fourth-order valence-corrected chi connectivity index (χ4v) is 2.00. The van der Waals surface area contributed by atoms with Crippen molar-refractivity contribution in [2.75, 3.05) is 19.8 Å². The summed E-state index contributed by atoms with van der Waals surface area (Å²) in [5, 5.41) is 22.3. The maximum absolute atomic E-state index is 10.7. The number of ether oxygens (including phenoxy) is 2. The molecule has 9 heteroatoms. The van der Waals surface area contributed by atoms with E-state index < -0.39 is 4.92 Å². The Morgan fingerprint density at radius 3 is 2.95 bits per heavy atom. The SMILES string of the molecule is NC(=NO)c1cc([N+](=O)[O-])cnc1OCC1CCOCC1. The Morgan fingerprint density at radius 2 is 2.33 bits per heavy atom. The molecule has 21 heavy (non-hydrogen) atoms. The second-order valence-corrected chi connectivity index (χ2v) is 4.66. The third-order valence-electron chi connectivity index (χ3n) is 3.23. The summed E-state index contributed by atoms with van der Waals surface area (Å²) in [6, 6.07) is 1.17. The van der Waals surface area contributed by atoms with E-state index >= 15 is 0 Å². The Hall–Kier alpha value is -2.42. The number of pyridine rings is 1. The molecule has 0 aliphatic carbocycles. The Labute approximate surface area is 120 Å². The highest BCUT2D eigenvalue weighted by molar-refractivity contribution is 5.99. The average molecular weight is 296 g/mol. The molecule has 2 heterocycles. The van der Waals surface area contributed by atoms with Gasteiger partial charge in [0.1, 0.15) is 6.20 Å². The van der Waals surface area contributed by atoms with Crippen LogP contribution in [-0.2, 0) is 4.74 Å². The van der Waals surface area contributed by atoms with Crippen molar-refractivity contribution in [2.24, 2.45) is 16.8 Å². The molecule has 0 saturated carbocycles. The molecular formula is C12H16N4O5. The number of hydrogen-bond acceptors (Lipinski definition) is 7. The molecule has 0 aromatic carbocycles. The van der Waals surface area contributed by atoms with Gasteiger partial charge in [0.15, 0.2) is 5.84 Å². The van der Waals surface area contributed by atoms with Crippen LogP contribution in [0.5, 0.6) is 5.88 Å². The summed E-state index contributed by atoms with van der Waals surface area (Å²) in [6.07, 6.45) is 2.84. The summed E-state index contributed by atoms with van der Waals surface area (Å²) in [5.41, 5.74) is 5.35. The zero-order chi connectivity index (χ0) is 15.2. The first-order chi connectivity index (χ1) is 10.1. The van der Waals surface area contributed by atoms with E-state index in [4.69, 9.17) is 20.4 Å². The van der Waals surface area contributed by atoms with Gasteiger partial charge in [-0.1, -0.05) is 5.16 Å². The minimum absolute atomic E-state index is 0.0961. The van der Waals surface area contributed by atoms with Gasteiger partial charge in [-0.15, -0.1) is 0 Å². The summed E-state index contributed by atoms with van der Waals surface area (Å²) < 4.78 is 10.8. The van der Waals surface area contributed by atoms with E-state index in [-0.39, 0.29) is 23.0 Å². The largest absolute Gasteiger partial charge is 0.477 e. The number of nitrogens with two attached hydrogens (primary N) is 1. The minimum Gasteiger partial charge on any atom is -0.477 e. The topological polar surface area (TPSA) is 133 Å². The normalized spacial score (nSPS) is 16.7. The maximum atomic E-state index is 10.7. The molecule has 1 aliphatic rings. The predicted molar refractivity (Wildman–Crippen MR) is 72.4 cm³/mol. The molecule has 9 nitrogen and oxygen atoms in total. The van der Waals surface area contributed by atoms with Crippen LogP contribution < -0.4 is 10.5 Å².